The van der Waals surface area contributed by atoms with Crippen molar-refractivity contribution < 1.29 is 0 Å². The molecule has 0 saturated carbocycles. The third kappa shape index (κ3) is 2.91. The summed E-state index contributed by atoms with van der Waals surface area (Å²) in [6.07, 6.45) is 5.00. The smallest absolute Gasteiger partial charge is 0.0378 e. The second kappa shape index (κ2) is 5.44. The SMILES string of the molecule is Cc1cc2c(n1CC(C)N1CCCC1)CC(C)(C)CC2N. The first-order valence-electron chi connectivity index (χ1n) is 8.56. The number of fused-ring (bicyclic) bond motifs is 1. The topological polar surface area (TPSA) is 34.2 Å². The van der Waals surface area contributed by atoms with E-state index in [0.717, 1.165) is 19.4 Å². The number of nitrogens with two attached hydrogens (primary N) is 1. The van der Waals surface area contributed by atoms with Gasteiger partial charge in [0.15, 0.2) is 0 Å². The van der Waals surface area contributed by atoms with Crippen LogP contribution in [0.3, 0.4) is 0 Å². The van der Waals surface area contributed by atoms with Crippen LogP contribution < -0.4 is 5.73 Å². The summed E-state index contributed by atoms with van der Waals surface area (Å²) in [6.45, 7) is 13.0. The van der Waals surface area contributed by atoms with Crippen LogP contribution in [0.15, 0.2) is 6.07 Å². The molecule has 3 nitrogen and oxygen atoms in total. The Hall–Kier alpha value is -0.800. The highest BCUT2D eigenvalue weighted by Gasteiger charge is 2.33. The van der Waals surface area contributed by atoms with E-state index >= 15 is 0 Å². The number of hydrogen-bond acceptors (Lipinski definition) is 2. The van der Waals surface area contributed by atoms with Crippen LogP contribution in [-0.4, -0.2) is 28.6 Å². The van der Waals surface area contributed by atoms with E-state index in [9.17, 15) is 0 Å². The fourth-order valence-corrected chi connectivity index (χ4v) is 4.32. The van der Waals surface area contributed by atoms with Gasteiger partial charge in [-0.05, 0) is 69.7 Å². The van der Waals surface area contributed by atoms with E-state index in [1.165, 1.54) is 42.9 Å². The predicted molar refractivity (Wildman–Crippen MR) is 88.5 cm³/mol. The molecule has 1 aromatic rings. The molecule has 3 rings (SSSR count). The van der Waals surface area contributed by atoms with Crippen molar-refractivity contribution in [3.63, 3.8) is 0 Å². The fourth-order valence-electron chi connectivity index (χ4n) is 4.32. The predicted octanol–water partition coefficient (Wildman–Crippen LogP) is 3.25. The molecule has 0 amide bonds. The van der Waals surface area contributed by atoms with E-state index in [-0.39, 0.29) is 6.04 Å². The van der Waals surface area contributed by atoms with Gasteiger partial charge in [-0.1, -0.05) is 13.8 Å². The van der Waals surface area contributed by atoms with Crippen molar-refractivity contribution in [1.82, 2.24) is 9.47 Å². The van der Waals surface area contributed by atoms with Crippen LogP contribution in [0.2, 0.25) is 0 Å². The first kappa shape index (κ1) is 15.1. The lowest BCUT2D eigenvalue weighted by atomic mass is 9.74. The van der Waals surface area contributed by atoms with Crippen molar-refractivity contribution in [1.29, 1.82) is 0 Å². The van der Waals surface area contributed by atoms with Crippen LogP contribution in [0.5, 0.6) is 0 Å². The van der Waals surface area contributed by atoms with Gasteiger partial charge in [0.05, 0.1) is 0 Å². The molecule has 0 aromatic carbocycles. The zero-order valence-corrected chi connectivity index (χ0v) is 14.2. The van der Waals surface area contributed by atoms with Gasteiger partial charge in [0.25, 0.3) is 0 Å². The van der Waals surface area contributed by atoms with Crippen LogP contribution in [-0.2, 0) is 13.0 Å². The average molecular weight is 289 g/mol. The van der Waals surface area contributed by atoms with Gasteiger partial charge in [0.1, 0.15) is 0 Å². The minimum atomic E-state index is 0.214. The van der Waals surface area contributed by atoms with Crippen LogP contribution in [0.1, 0.15) is 63.0 Å². The minimum Gasteiger partial charge on any atom is -0.347 e. The minimum absolute atomic E-state index is 0.214. The Morgan fingerprint density at radius 3 is 2.67 bits per heavy atom. The van der Waals surface area contributed by atoms with Crippen molar-refractivity contribution >= 4 is 0 Å². The van der Waals surface area contributed by atoms with Gasteiger partial charge in [0.2, 0.25) is 0 Å². The lowest BCUT2D eigenvalue weighted by Crippen LogP contribution is -2.36. The molecular formula is C18H31N3. The molecule has 1 aliphatic heterocycles. The van der Waals surface area contributed by atoms with E-state index in [1.807, 2.05) is 0 Å². The van der Waals surface area contributed by atoms with Crippen molar-refractivity contribution in [3.8, 4) is 0 Å². The molecule has 1 saturated heterocycles. The molecule has 2 aliphatic rings. The van der Waals surface area contributed by atoms with Gasteiger partial charge in [-0.15, -0.1) is 0 Å². The first-order valence-corrected chi connectivity index (χ1v) is 8.56. The van der Waals surface area contributed by atoms with E-state index < -0.39 is 0 Å². The number of hydrogen-bond donors (Lipinski definition) is 1. The highest BCUT2D eigenvalue weighted by molar-refractivity contribution is 5.34. The maximum atomic E-state index is 6.43. The number of rotatable bonds is 3. The normalized spacial score (nSPS) is 26.8. The van der Waals surface area contributed by atoms with Crippen molar-refractivity contribution in [2.45, 2.75) is 72.0 Å². The Labute approximate surface area is 129 Å². The molecule has 2 heterocycles. The molecule has 0 radical (unpaired) electrons. The molecule has 0 spiro atoms. The van der Waals surface area contributed by atoms with Crippen LogP contribution in [0, 0.1) is 12.3 Å². The summed E-state index contributed by atoms with van der Waals surface area (Å²) in [5.41, 5.74) is 11.1. The number of nitrogens with zero attached hydrogens (tertiary/aromatic N) is 2. The molecule has 2 N–H and O–H groups in total. The highest BCUT2D eigenvalue weighted by atomic mass is 15.2. The van der Waals surface area contributed by atoms with E-state index in [2.05, 4.69) is 43.2 Å². The van der Waals surface area contributed by atoms with Crippen LogP contribution in [0.25, 0.3) is 0 Å². The second-order valence-electron chi connectivity index (χ2n) is 8.04. The van der Waals surface area contributed by atoms with E-state index in [0.29, 0.717) is 11.5 Å². The number of likely N-dealkylation sites (tertiary alicyclic amines) is 1. The average Bonchev–Trinajstić information content (AvgIpc) is 2.99. The van der Waals surface area contributed by atoms with Crippen molar-refractivity contribution in [2.75, 3.05) is 13.1 Å². The molecular weight excluding hydrogens is 258 g/mol. The van der Waals surface area contributed by atoms with Gasteiger partial charge < -0.3 is 10.3 Å². The Balaban J connectivity index is 1.86. The van der Waals surface area contributed by atoms with Gasteiger partial charge in [-0.25, -0.2) is 0 Å². The number of aromatic nitrogens is 1. The van der Waals surface area contributed by atoms with E-state index in [1.54, 1.807) is 0 Å². The van der Waals surface area contributed by atoms with Crippen molar-refractivity contribution in [3.05, 3.63) is 23.0 Å². The fraction of sp³-hybridized carbons (Fsp3) is 0.778. The highest BCUT2D eigenvalue weighted by Crippen LogP contribution is 2.41. The third-order valence-electron chi connectivity index (χ3n) is 5.48. The Morgan fingerprint density at radius 2 is 2.00 bits per heavy atom. The summed E-state index contributed by atoms with van der Waals surface area (Å²) in [5.74, 6) is 0. The molecule has 118 valence electrons. The Kier molecular flexibility index (Phi) is 3.91. The third-order valence-corrected chi connectivity index (χ3v) is 5.48. The lowest BCUT2D eigenvalue weighted by molar-refractivity contribution is 0.226. The van der Waals surface area contributed by atoms with Crippen molar-refractivity contribution in [2.24, 2.45) is 11.1 Å². The van der Waals surface area contributed by atoms with Gasteiger partial charge in [-0.3, -0.25) is 4.90 Å². The quantitative estimate of drug-likeness (QED) is 0.927. The monoisotopic (exact) mass is 289 g/mol. The molecule has 1 aromatic heterocycles. The zero-order chi connectivity index (χ0) is 15.2. The number of aryl methyl sites for hydroxylation is 1. The Bertz CT molecular complexity index is 509. The summed E-state index contributed by atoms with van der Waals surface area (Å²) >= 11 is 0. The zero-order valence-electron chi connectivity index (χ0n) is 14.2. The van der Waals surface area contributed by atoms with Gasteiger partial charge >= 0.3 is 0 Å². The molecule has 0 bridgehead atoms. The van der Waals surface area contributed by atoms with Gasteiger partial charge in [0, 0.05) is 30.0 Å². The lowest BCUT2D eigenvalue weighted by Gasteiger charge is -2.35. The summed E-state index contributed by atoms with van der Waals surface area (Å²) in [7, 11) is 0. The molecule has 1 aliphatic carbocycles. The summed E-state index contributed by atoms with van der Waals surface area (Å²) in [4.78, 5) is 2.64. The maximum absolute atomic E-state index is 6.43. The van der Waals surface area contributed by atoms with Gasteiger partial charge in [-0.2, -0.15) is 0 Å². The van der Waals surface area contributed by atoms with Crippen LogP contribution in [0.4, 0.5) is 0 Å². The summed E-state index contributed by atoms with van der Waals surface area (Å²) in [5, 5.41) is 0. The molecule has 3 heteroatoms. The van der Waals surface area contributed by atoms with E-state index in [4.69, 9.17) is 5.73 Å². The summed E-state index contributed by atoms with van der Waals surface area (Å²) < 4.78 is 2.55. The van der Waals surface area contributed by atoms with Crippen LogP contribution >= 0.6 is 0 Å². The largest absolute Gasteiger partial charge is 0.347 e. The molecule has 1 fully saturated rings. The standard InChI is InChI=1S/C18H31N3/c1-13-9-15-16(19)10-18(3,4)11-17(15)21(13)12-14(2)20-7-5-6-8-20/h9,14,16H,5-8,10-12,19H2,1-4H3. The molecule has 21 heavy (non-hydrogen) atoms. The summed E-state index contributed by atoms with van der Waals surface area (Å²) in [6, 6.07) is 3.18. The maximum Gasteiger partial charge on any atom is 0.0378 e. The first-order chi connectivity index (χ1) is 9.87. The second-order valence-corrected chi connectivity index (χ2v) is 8.04. The molecule has 2 unspecified atom stereocenters. The Morgan fingerprint density at radius 1 is 1.33 bits per heavy atom. The molecule has 2 atom stereocenters.